The van der Waals surface area contributed by atoms with E-state index in [-0.39, 0.29) is 0 Å². The number of nitrogens with zero attached hydrogens (tertiary/aromatic N) is 4. The van der Waals surface area contributed by atoms with E-state index in [0.29, 0.717) is 11.8 Å². The predicted octanol–water partition coefficient (Wildman–Crippen LogP) is 4.01. The van der Waals surface area contributed by atoms with E-state index in [1.165, 1.54) is 16.8 Å². The molecular weight excluding hydrogens is 298 g/mol. The molecule has 0 amide bonds. The third-order valence-electron chi connectivity index (χ3n) is 4.19. The van der Waals surface area contributed by atoms with Crippen molar-refractivity contribution >= 4 is 23.1 Å². The molecule has 4 rings (SSSR count). The standard InChI is InChI=1S/C19H19N5/c1-14-6-4-9-16(12-14)21-18-13-20-23-19(22-18)24-11-5-8-15-7-2-3-10-17(15)24/h2-4,6-7,9-10,12-13H,5,8,11H2,1H3,(H,21,22,23). The summed E-state index contributed by atoms with van der Waals surface area (Å²) in [5, 5.41) is 11.7. The molecule has 1 aliphatic rings. The van der Waals surface area contributed by atoms with E-state index in [0.717, 1.165) is 25.1 Å². The highest BCUT2D eigenvalue weighted by molar-refractivity contribution is 5.64. The van der Waals surface area contributed by atoms with Crippen LogP contribution >= 0.6 is 0 Å². The number of nitrogens with one attached hydrogen (secondary N) is 1. The topological polar surface area (TPSA) is 53.9 Å². The van der Waals surface area contributed by atoms with E-state index in [2.05, 4.69) is 68.7 Å². The van der Waals surface area contributed by atoms with Crippen molar-refractivity contribution in [3.8, 4) is 0 Å². The maximum absolute atomic E-state index is 4.66. The van der Waals surface area contributed by atoms with Crippen molar-refractivity contribution in [2.45, 2.75) is 19.8 Å². The van der Waals surface area contributed by atoms with Crippen molar-refractivity contribution < 1.29 is 0 Å². The van der Waals surface area contributed by atoms with Crippen LogP contribution in [-0.4, -0.2) is 21.7 Å². The fourth-order valence-corrected chi connectivity index (χ4v) is 3.08. The molecule has 0 atom stereocenters. The number of hydrogen-bond donors (Lipinski definition) is 1. The van der Waals surface area contributed by atoms with E-state index >= 15 is 0 Å². The van der Waals surface area contributed by atoms with Gasteiger partial charge in [-0.2, -0.15) is 10.1 Å². The molecule has 120 valence electrons. The highest BCUT2D eigenvalue weighted by Gasteiger charge is 2.20. The first-order valence-corrected chi connectivity index (χ1v) is 8.18. The summed E-state index contributed by atoms with van der Waals surface area (Å²) in [4.78, 5) is 6.81. The Morgan fingerprint density at radius 2 is 2.00 bits per heavy atom. The van der Waals surface area contributed by atoms with Crippen molar-refractivity contribution in [1.82, 2.24) is 15.2 Å². The Bertz CT molecular complexity index is 862. The quantitative estimate of drug-likeness (QED) is 0.791. The van der Waals surface area contributed by atoms with Gasteiger partial charge in [-0.3, -0.25) is 0 Å². The lowest BCUT2D eigenvalue weighted by Gasteiger charge is -2.29. The van der Waals surface area contributed by atoms with Crippen LogP contribution in [0.2, 0.25) is 0 Å². The monoisotopic (exact) mass is 317 g/mol. The zero-order valence-electron chi connectivity index (χ0n) is 13.6. The third-order valence-corrected chi connectivity index (χ3v) is 4.19. The number of aryl methyl sites for hydroxylation is 2. The van der Waals surface area contributed by atoms with Gasteiger partial charge in [0.15, 0.2) is 5.82 Å². The first kappa shape index (κ1) is 14.6. The van der Waals surface area contributed by atoms with Gasteiger partial charge in [-0.05, 0) is 49.1 Å². The Hall–Kier alpha value is -2.95. The summed E-state index contributed by atoms with van der Waals surface area (Å²) in [7, 11) is 0. The minimum Gasteiger partial charge on any atom is -0.339 e. The van der Waals surface area contributed by atoms with Crippen LogP contribution in [0, 0.1) is 6.92 Å². The van der Waals surface area contributed by atoms with Crippen molar-refractivity contribution in [2.75, 3.05) is 16.8 Å². The summed E-state index contributed by atoms with van der Waals surface area (Å²) in [6, 6.07) is 16.6. The average molecular weight is 317 g/mol. The molecule has 0 radical (unpaired) electrons. The number of benzene rings is 2. The summed E-state index contributed by atoms with van der Waals surface area (Å²) in [6.07, 6.45) is 3.85. The normalized spacial score (nSPS) is 13.5. The minimum absolute atomic E-state index is 0.639. The molecule has 5 heteroatoms. The van der Waals surface area contributed by atoms with Crippen LogP contribution in [0.4, 0.5) is 23.1 Å². The molecule has 2 heterocycles. The molecule has 0 saturated carbocycles. The maximum atomic E-state index is 4.66. The molecule has 1 aliphatic heterocycles. The van der Waals surface area contributed by atoms with Crippen molar-refractivity contribution in [3.63, 3.8) is 0 Å². The summed E-state index contributed by atoms with van der Waals surface area (Å²) >= 11 is 0. The second-order valence-corrected chi connectivity index (χ2v) is 6.02. The van der Waals surface area contributed by atoms with Crippen LogP contribution in [-0.2, 0) is 6.42 Å². The van der Waals surface area contributed by atoms with Crippen molar-refractivity contribution in [3.05, 3.63) is 65.9 Å². The maximum Gasteiger partial charge on any atom is 0.251 e. The molecule has 3 aromatic rings. The largest absolute Gasteiger partial charge is 0.339 e. The van der Waals surface area contributed by atoms with Gasteiger partial charge in [0.25, 0.3) is 5.95 Å². The van der Waals surface area contributed by atoms with Crippen LogP contribution in [0.15, 0.2) is 54.7 Å². The average Bonchev–Trinajstić information content (AvgIpc) is 2.61. The predicted molar refractivity (Wildman–Crippen MR) is 96.1 cm³/mol. The summed E-state index contributed by atoms with van der Waals surface area (Å²) in [5.41, 5.74) is 4.72. The van der Waals surface area contributed by atoms with E-state index in [1.54, 1.807) is 6.20 Å². The Morgan fingerprint density at radius 3 is 2.92 bits per heavy atom. The summed E-state index contributed by atoms with van der Waals surface area (Å²) < 4.78 is 0. The van der Waals surface area contributed by atoms with Crippen LogP contribution in [0.5, 0.6) is 0 Å². The Morgan fingerprint density at radius 1 is 1.08 bits per heavy atom. The molecule has 0 saturated heterocycles. The van der Waals surface area contributed by atoms with Crippen molar-refractivity contribution in [1.29, 1.82) is 0 Å². The Kier molecular flexibility index (Phi) is 3.83. The molecule has 1 N–H and O–H groups in total. The second kappa shape index (κ2) is 6.28. The molecule has 0 unspecified atom stereocenters. The van der Waals surface area contributed by atoms with E-state index < -0.39 is 0 Å². The summed E-state index contributed by atoms with van der Waals surface area (Å²) in [6.45, 7) is 2.98. The number of hydrogen-bond acceptors (Lipinski definition) is 5. The van der Waals surface area contributed by atoms with Gasteiger partial charge < -0.3 is 10.2 Å². The molecule has 1 aromatic heterocycles. The third kappa shape index (κ3) is 2.93. The zero-order chi connectivity index (χ0) is 16.4. The van der Waals surface area contributed by atoms with E-state index in [4.69, 9.17) is 0 Å². The number of anilines is 4. The lowest BCUT2D eigenvalue weighted by molar-refractivity contribution is 0.742. The van der Waals surface area contributed by atoms with Crippen LogP contribution in [0.25, 0.3) is 0 Å². The molecule has 5 nitrogen and oxygen atoms in total. The van der Waals surface area contributed by atoms with Gasteiger partial charge in [0.05, 0.1) is 6.20 Å². The molecule has 0 fully saturated rings. The highest BCUT2D eigenvalue weighted by atomic mass is 15.3. The van der Waals surface area contributed by atoms with Gasteiger partial charge in [0.1, 0.15) is 0 Å². The number of rotatable bonds is 3. The zero-order valence-corrected chi connectivity index (χ0v) is 13.6. The highest BCUT2D eigenvalue weighted by Crippen LogP contribution is 2.31. The van der Waals surface area contributed by atoms with Gasteiger partial charge in [0.2, 0.25) is 0 Å². The second-order valence-electron chi connectivity index (χ2n) is 6.02. The minimum atomic E-state index is 0.639. The molecule has 2 aromatic carbocycles. The van der Waals surface area contributed by atoms with Gasteiger partial charge >= 0.3 is 0 Å². The van der Waals surface area contributed by atoms with Gasteiger partial charge in [-0.1, -0.05) is 30.3 Å². The molecule has 0 bridgehead atoms. The van der Waals surface area contributed by atoms with Gasteiger partial charge in [0, 0.05) is 17.9 Å². The Balaban J connectivity index is 1.64. The Labute approximate surface area is 141 Å². The lowest BCUT2D eigenvalue weighted by Crippen LogP contribution is -2.26. The van der Waals surface area contributed by atoms with Crippen LogP contribution in [0.3, 0.4) is 0 Å². The first-order chi connectivity index (χ1) is 11.8. The number of para-hydroxylation sites is 1. The lowest BCUT2D eigenvalue weighted by atomic mass is 10.0. The number of aromatic nitrogens is 3. The number of fused-ring (bicyclic) bond motifs is 1. The van der Waals surface area contributed by atoms with Crippen LogP contribution in [0.1, 0.15) is 17.5 Å². The van der Waals surface area contributed by atoms with Gasteiger partial charge in [-0.15, -0.1) is 5.10 Å². The summed E-state index contributed by atoms with van der Waals surface area (Å²) in [5.74, 6) is 1.34. The van der Waals surface area contributed by atoms with Crippen molar-refractivity contribution in [2.24, 2.45) is 0 Å². The molecule has 0 spiro atoms. The molecule has 0 aliphatic carbocycles. The molecule has 24 heavy (non-hydrogen) atoms. The van der Waals surface area contributed by atoms with E-state index in [9.17, 15) is 0 Å². The van der Waals surface area contributed by atoms with Gasteiger partial charge in [-0.25, -0.2) is 0 Å². The first-order valence-electron chi connectivity index (χ1n) is 8.18. The van der Waals surface area contributed by atoms with Crippen LogP contribution < -0.4 is 10.2 Å². The molecular formula is C19H19N5. The SMILES string of the molecule is Cc1cccc(Nc2cnnc(N3CCCc4ccccc43)n2)c1. The fraction of sp³-hybridized carbons (Fsp3) is 0.211. The van der Waals surface area contributed by atoms with E-state index in [1.807, 2.05) is 12.1 Å². The smallest absolute Gasteiger partial charge is 0.251 e. The fourth-order valence-electron chi connectivity index (χ4n) is 3.08.